The van der Waals surface area contributed by atoms with Gasteiger partial charge in [-0.05, 0) is 25.8 Å². The van der Waals surface area contributed by atoms with Gasteiger partial charge in [-0.1, -0.05) is 137 Å². The minimum absolute atomic E-state index is 0.344. The maximum absolute atomic E-state index is 4.86. The molecule has 0 radical (unpaired) electrons. The van der Waals surface area contributed by atoms with Crippen LogP contribution in [0.4, 0.5) is 0 Å². The van der Waals surface area contributed by atoms with Crippen LogP contribution in [-0.4, -0.2) is 59.0 Å². The first-order chi connectivity index (χ1) is 21.0. The molecular weight excluding hydrogens is 545 g/mol. The summed E-state index contributed by atoms with van der Waals surface area (Å²) < 4.78 is 0. The Morgan fingerprint density at radius 3 is 2.05 bits per heavy atom. The highest BCUT2D eigenvalue weighted by atomic mass is 32.1. The van der Waals surface area contributed by atoms with Crippen LogP contribution < -0.4 is 0 Å². The summed E-state index contributed by atoms with van der Waals surface area (Å²) in [6, 6.07) is 11.1. The van der Waals surface area contributed by atoms with E-state index in [2.05, 4.69) is 97.3 Å². The maximum atomic E-state index is 4.86. The van der Waals surface area contributed by atoms with Gasteiger partial charge in [-0.2, -0.15) is 0 Å². The largest absolute Gasteiger partial charge is 0.367 e. The molecule has 244 valence electrons. The Morgan fingerprint density at radius 2 is 1.53 bits per heavy atom. The third kappa shape index (κ3) is 16.8. The number of aromatic nitrogens is 1. The summed E-state index contributed by atoms with van der Waals surface area (Å²) in [6.45, 7) is 38.4. The fraction of sp³-hybridized carbons (Fsp3) is 0.553. The molecule has 1 atom stereocenters. The summed E-state index contributed by atoms with van der Waals surface area (Å²) in [5.41, 5.74) is 4.81. The molecule has 1 aromatic carbocycles. The monoisotopic (exact) mass is 611 g/mol. The van der Waals surface area contributed by atoms with Gasteiger partial charge in [0, 0.05) is 62.5 Å². The molecule has 43 heavy (non-hydrogen) atoms. The molecule has 1 fully saturated rings. The Bertz CT molecular complexity index is 984. The summed E-state index contributed by atoms with van der Waals surface area (Å²) in [4.78, 5) is 12.5. The standard InChI is InChI=1S/C29H40N4S.C3H8.3C2H6/c1-6-9-13-26(8-3)29-30-28(23-34-29)22-32-18-16-31(17-19-32)20-21-33(24(4)7-2)25(5)27-14-11-10-12-15-27;1-3-2;3*1-2/h6,8-15,23,25H,3-4,7,16-22H2,1-2,5H3;3H2,1-2H3;3*1-2H3/b9-6-,26-13+;;;;. The zero-order valence-electron chi connectivity index (χ0n) is 29.8. The minimum atomic E-state index is 0.344. The van der Waals surface area contributed by atoms with Crippen molar-refractivity contribution in [2.75, 3.05) is 39.3 Å². The molecule has 2 aromatic rings. The molecule has 1 aliphatic heterocycles. The molecule has 1 aliphatic rings. The van der Waals surface area contributed by atoms with Gasteiger partial charge in [0.05, 0.1) is 11.7 Å². The van der Waals surface area contributed by atoms with Crippen LogP contribution in [0.2, 0.25) is 0 Å². The second-order valence-corrected chi connectivity index (χ2v) is 10.4. The Labute approximate surface area is 271 Å². The topological polar surface area (TPSA) is 22.6 Å². The summed E-state index contributed by atoms with van der Waals surface area (Å²) in [6.07, 6.45) is 10.3. The van der Waals surface area contributed by atoms with E-state index in [0.29, 0.717) is 6.04 Å². The van der Waals surface area contributed by atoms with Crippen LogP contribution in [-0.2, 0) is 6.54 Å². The lowest BCUT2D eigenvalue weighted by Gasteiger charge is -2.38. The average Bonchev–Trinajstić information content (AvgIpc) is 3.53. The molecule has 1 unspecified atom stereocenters. The first-order valence-corrected chi connectivity index (χ1v) is 17.7. The Kier molecular flexibility index (Phi) is 28.1. The number of rotatable bonds is 12. The van der Waals surface area contributed by atoms with Crippen molar-refractivity contribution >= 4 is 16.9 Å². The van der Waals surface area contributed by atoms with Crippen molar-refractivity contribution in [1.29, 1.82) is 0 Å². The van der Waals surface area contributed by atoms with Gasteiger partial charge >= 0.3 is 0 Å². The molecule has 2 heterocycles. The van der Waals surface area contributed by atoms with Crippen LogP contribution in [0.3, 0.4) is 0 Å². The van der Waals surface area contributed by atoms with E-state index in [-0.39, 0.29) is 0 Å². The van der Waals surface area contributed by atoms with Crippen LogP contribution in [0, 0.1) is 0 Å². The zero-order chi connectivity index (χ0) is 33.0. The highest BCUT2D eigenvalue weighted by molar-refractivity contribution is 7.10. The van der Waals surface area contributed by atoms with E-state index in [0.717, 1.165) is 68.5 Å². The number of thiazole rings is 1. The number of piperazine rings is 1. The van der Waals surface area contributed by atoms with Gasteiger partial charge in [0.2, 0.25) is 0 Å². The second-order valence-electron chi connectivity index (χ2n) is 9.52. The van der Waals surface area contributed by atoms with Crippen molar-refractivity contribution in [3.8, 4) is 0 Å². The number of allylic oxidation sites excluding steroid dienone is 6. The van der Waals surface area contributed by atoms with E-state index in [4.69, 9.17) is 4.98 Å². The predicted molar refractivity (Wildman–Crippen MR) is 198 cm³/mol. The lowest BCUT2D eigenvalue weighted by atomic mass is 10.1. The number of nitrogens with zero attached hydrogens (tertiary/aromatic N) is 4. The summed E-state index contributed by atoms with van der Waals surface area (Å²) in [5, 5.41) is 3.24. The van der Waals surface area contributed by atoms with Gasteiger partial charge in [-0.25, -0.2) is 4.98 Å². The highest BCUT2D eigenvalue weighted by Gasteiger charge is 2.21. The van der Waals surface area contributed by atoms with Crippen molar-refractivity contribution in [1.82, 2.24) is 19.7 Å². The molecule has 0 N–H and O–H groups in total. The predicted octanol–water partition coefficient (Wildman–Crippen LogP) is 10.9. The van der Waals surface area contributed by atoms with Crippen molar-refractivity contribution in [3.05, 3.63) is 95.1 Å². The van der Waals surface area contributed by atoms with E-state index in [1.165, 1.54) is 17.7 Å². The third-order valence-electron chi connectivity index (χ3n) is 6.56. The van der Waals surface area contributed by atoms with Crippen LogP contribution in [0.25, 0.3) is 5.57 Å². The molecule has 0 bridgehead atoms. The molecule has 0 amide bonds. The average molecular weight is 611 g/mol. The van der Waals surface area contributed by atoms with E-state index in [9.17, 15) is 0 Å². The summed E-state index contributed by atoms with van der Waals surface area (Å²) in [5.74, 6) is 0. The molecule has 0 spiro atoms. The molecule has 1 saturated heterocycles. The molecule has 5 heteroatoms. The van der Waals surface area contributed by atoms with E-state index in [1.807, 2.05) is 66.7 Å². The van der Waals surface area contributed by atoms with Gasteiger partial charge in [0.1, 0.15) is 5.01 Å². The van der Waals surface area contributed by atoms with Crippen molar-refractivity contribution < 1.29 is 0 Å². The lowest BCUT2D eigenvalue weighted by Crippen LogP contribution is -2.48. The highest BCUT2D eigenvalue weighted by Crippen LogP contribution is 2.25. The van der Waals surface area contributed by atoms with Gasteiger partial charge in [-0.15, -0.1) is 11.3 Å². The molecular formula is C38H66N4S. The second kappa shape index (κ2) is 28.3. The molecule has 3 rings (SSSR count). The number of hydrogen-bond acceptors (Lipinski definition) is 5. The number of hydrogen-bond donors (Lipinski definition) is 0. The summed E-state index contributed by atoms with van der Waals surface area (Å²) in [7, 11) is 0. The maximum Gasteiger partial charge on any atom is 0.123 e. The Morgan fingerprint density at radius 1 is 0.977 bits per heavy atom. The quantitative estimate of drug-likeness (QED) is 0.223. The van der Waals surface area contributed by atoms with Crippen molar-refractivity contribution in [2.24, 2.45) is 0 Å². The van der Waals surface area contributed by atoms with Crippen LogP contribution in [0.15, 0.2) is 78.9 Å². The fourth-order valence-corrected chi connectivity index (χ4v) is 5.16. The molecule has 4 nitrogen and oxygen atoms in total. The van der Waals surface area contributed by atoms with Crippen molar-refractivity contribution in [3.63, 3.8) is 0 Å². The Hall–Kier alpha value is -2.47. The first kappa shape index (κ1) is 42.7. The van der Waals surface area contributed by atoms with Gasteiger partial charge in [-0.3, -0.25) is 9.80 Å². The lowest BCUT2D eigenvalue weighted by molar-refractivity contribution is 0.112. The van der Waals surface area contributed by atoms with E-state index < -0.39 is 0 Å². The van der Waals surface area contributed by atoms with Crippen LogP contribution in [0.5, 0.6) is 0 Å². The fourth-order valence-electron chi connectivity index (χ4n) is 4.33. The third-order valence-corrected chi connectivity index (χ3v) is 7.50. The minimum Gasteiger partial charge on any atom is -0.367 e. The van der Waals surface area contributed by atoms with Gasteiger partial charge < -0.3 is 4.90 Å². The SMILES string of the molecule is C=C/C(=C\C=C/C)c1nc(CN2CCN(CCN(C(=C)CC)C(C)c3ccccc3)CC2)cs1.CC.CC.CC.CCC. The molecule has 0 saturated carbocycles. The van der Waals surface area contributed by atoms with Crippen molar-refractivity contribution in [2.45, 2.75) is 102 Å². The molecule has 0 aliphatic carbocycles. The van der Waals surface area contributed by atoms with Gasteiger partial charge in [0.15, 0.2) is 0 Å². The van der Waals surface area contributed by atoms with E-state index >= 15 is 0 Å². The molecule has 1 aromatic heterocycles. The summed E-state index contributed by atoms with van der Waals surface area (Å²) >= 11 is 1.70. The smallest absolute Gasteiger partial charge is 0.123 e. The van der Waals surface area contributed by atoms with Crippen LogP contribution in [0.1, 0.15) is 111 Å². The normalized spacial score (nSPS) is 14.0. The number of benzene rings is 1. The van der Waals surface area contributed by atoms with E-state index in [1.54, 1.807) is 11.3 Å². The van der Waals surface area contributed by atoms with Crippen LogP contribution >= 0.6 is 11.3 Å². The zero-order valence-corrected chi connectivity index (χ0v) is 30.6. The first-order valence-electron chi connectivity index (χ1n) is 16.8. The Balaban J connectivity index is 0. The van der Waals surface area contributed by atoms with Gasteiger partial charge in [0.25, 0.3) is 0 Å².